The van der Waals surface area contributed by atoms with Crippen molar-refractivity contribution in [2.45, 2.75) is 32.2 Å². The van der Waals surface area contributed by atoms with E-state index in [0.717, 1.165) is 18.9 Å². The van der Waals surface area contributed by atoms with Crippen molar-refractivity contribution in [1.82, 2.24) is 9.55 Å². The van der Waals surface area contributed by atoms with Gasteiger partial charge in [-0.1, -0.05) is 24.4 Å². The highest BCUT2D eigenvalue weighted by Crippen LogP contribution is 2.36. The molecule has 1 aliphatic carbocycles. The molecule has 1 saturated carbocycles. The Kier molecular flexibility index (Phi) is 4.12. The first-order valence-electron chi connectivity index (χ1n) is 8.37. The number of hydrogen-bond acceptors (Lipinski definition) is 2. The van der Waals surface area contributed by atoms with Gasteiger partial charge >= 0.3 is 0 Å². The lowest BCUT2D eigenvalue weighted by Gasteiger charge is -2.15. The van der Waals surface area contributed by atoms with Crippen LogP contribution in [0.3, 0.4) is 0 Å². The van der Waals surface area contributed by atoms with Crippen LogP contribution in [-0.2, 0) is 6.54 Å². The van der Waals surface area contributed by atoms with Gasteiger partial charge in [-0.2, -0.15) is 0 Å². The molecule has 0 atom stereocenters. The van der Waals surface area contributed by atoms with Crippen molar-refractivity contribution < 1.29 is 13.9 Å². The summed E-state index contributed by atoms with van der Waals surface area (Å²) < 4.78 is 29.3. The lowest BCUT2D eigenvalue weighted by Crippen LogP contribution is -2.09. The number of phenolic OH excluding ortho intramolecular Hbond substituents is 1. The Morgan fingerprint density at radius 3 is 2.56 bits per heavy atom. The molecule has 0 saturated heterocycles. The van der Waals surface area contributed by atoms with Gasteiger partial charge < -0.3 is 9.67 Å². The average molecular weight is 363 g/mol. The van der Waals surface area contributed by atoms with Gasteiger partial charge in [0.15, 0.2) is 11.6 Å². The van der Waals surface area contributed by atoms with Crippen molar-refractivity contribution in [3.8, 4) is 17.1 Å². The fraction of sp³-hybridized carbons (Fsp3) is 0.316. The molecule has 3 nitrogen and oxygen atoms in total. The highest BCUT2D eigenvalue weighted by atomic mass is 35.5. The van der Waals surface area contributed by atoms with Crippen LogP contribution >= 0.6 is 11.6 Å². The maximum absolute atomic E-state index is 13.8. The highest BCUT2D eigenvalue weighted by Gasteiger charge is 2.22. The number of nitrogens with zero attached hydrogens (tertiary/aromatic N) is 2. The predicted octanol–water partition coefficient (Wildman–Crippen LogP) is 5.53. The summed E-state index contributed by atoms with van der Waals surface area (Å²) in [5, 5.41) is 10.7. The molecular formula is C19H17ClF2N2O. The summed E-state index contributed by atoms with van der Waals surface area (Å²) >= 11 is 5.92. The van der Waals surface area contributed by atoms with Crippen LogP contribution in [0.1, 0.15) is 25.7 Å². The van der Waals surface area contributed by atoms with Crippen molar-refractivity contribution in [2.75, 3.05) is 0 Å². The van der Waals surface area contributed by atoms with Gasteiger partial charge in [0.2, 0.25) is 0 Å². The Balaban J connectivity index is 1.91. The first-order valence-corrected chi connectivity index (χ1v) is 8.75. The van der Waals surface area contributed by atoms with Crippen molar-refractivity contribution in [1.29, 1.82) is 0 Å². The van der Waals surface area contributed by atoms with E-state index in [1.54, 1.807) is 12.1 Å². The molecule has 0 aliphatic heterocycles. The molecule has 1 fully saturated rings. The minimum atomic E-state index is -0.926. The van der Waals surface area contributed by atoms with Gasteiger partial charge in [-0.25, -0.2) is 13.8 Å². The summed E-state index contributed by atoms with van der Waals surface area (Å²) in [4.78, 5) is 4.47. The Hall–Kier alpha value is -2.14. The summed E-state index contributed by atoms with van der Waals surface area (Å²) in [6.45, 7) is 0.666. The minimum Gasteiger partial charge on any atom is -0.507 e. The first kappa shape index (κ1) is 16.3. The van der Waals surface area contributed by atoms with E-state index in [4.69, 9.17) is 11.6 Å². The molecule has 2 aromatic carbocycles. The second kappa shape index (κ2) is 6.30. The fourth-order valence-corrected chi connectivity index (χ4v) is 3.82. The van der Waals surface area contributed by atoms with E-state index in [-0.39, 0.29) is 5.75 Å². The number of imidazole rings is 1. The number of hydrogen-bond donors (Lipinski definition) is 1. The maximum Gasteiger partial charge on any atom is 0.161 e. The second-order valence-corrected chi connectivity index (χ2v) is 7.05. The van der Waals surface area contributed by atoms with Crippen LogP contribution in [-0.4, -0.2) is 14.7 Å². The standard InChI is InChI=1S/C19H17ClF2N2O/c20-12-5-6-13(18(25)7-12)19-23-16-8-14(21)15(22)9-17(16)24(19)10-11-3-1-2-4-11/h5-9,11,25H,1-4,10H2. The molecule has 1 aromatic heterocycles. The maximum atomic E-state index is 13.8. The molecular weight excluding hydrogens is 346 g/mol. The van der Waals surface area contributed by atoms with Gasteiger partial charge in [-0.3, -0.25) is 0 Å². The monoisotopic (exact) mass is 362 g/mol. The van der Waals surface area contributed by atoms with E-state index in [1.807, 2.05) is 4.57 Å². The lowest BCUT2D eigenvalue weighted by atomic mass is 10.1. The average Bonchev–Trinajstić information content (AvgIpc) is 3.18. The van der Waals surface area contributed by atoms with E-state index < -0.39 is 11.6 Å². The zero-order chi connectivity index (χ0) is 17.6. The van der Waals surface area contributed by atoms with E-state index in [9.17, 15) is 13.9 Å². The summed E-state index contributed by atoms with van der Waals surface area (Å²) in [5.41, 5.74) is 1.41. The number of phenols is 1. The zero-order valence-corrected chi connectivity index (χ0v) is 14.2. The quantitative estimate of drug-likeness (QED) is 0.665. The van der Waals surface area contributed by atoms with Crippen LogP contribution in [0.5, 0.6) is 5.75 Å². The Labute approximate surface area is 148 Å². The lowest BCUT2D eigenvalue weighted by molar-refractivity contribution is 0.461. The molecule has 3 aromatic rings. The molecule has 1 aliphatic rings. The minimum absolute atomic E-state index is 0.00331. The molecule has 1 heterocycles. The van der Waals surface area contributed by atoms with Gasteiger partial charge in [-0.05, 0) is 37.0 Å². The number of fused-ring (bicyclic) bond motifs is 1. The smallest absolute Gasteiger partial charge is 0.161 e. The first-order chi connectivity index (χ1) is 12.0. The van der Waals surface area contributed by atoms with Gasteiger partial charge in [0.25, 0.3) is 0 Å². The van der Waals surface area contributed by atoms with Crippen molar-refractivity contribution >= 4 is 22.6 Å². The van der Waals surface area contributed by atoms with E-state index in [1.165, 1.54) is 25.0 Å². The van der Waals surface area contributed by atoms with Crippen molar-refractivity contribution in [3.63, 3.8) is 0 Å². The predicted molar refractivity (Wildman–Crippen MR) is 93.7 cm³/mol. The molecule has 0 unspecified atom stereocenters. The molecule has 1 N–H and O–H groups in total. The SMILES string of the molecule is Oc1cc(Cl)ccc1-c1nc2cc(F)c(F)cc2n1CC1CCCC1. The molecule has 0 amide bonds. The van der Waals surface area contributed by atoms with Crippen molar-refractivity contribution in [2.24, 2.45) is 5.92 Å². The molecule has 130 valence electrons. The molecule has 0 spiro atoms. The third-order valence-electron chi connectivity index (χ3n) is 4.91. The number of aromatic hydroxyl groups is 1. The van der Waals surface area contributed by atoms with Crippen LogP contribution < -0.4 is 0 Å². The van der Waals surface area contributed by atoms with Gasteiger partial charge in [0.1, 0.15) is 11.6 Å². The summed E-state index contributed by atoms with van der Waals surface area (Å²) in [6.07, 6.45) is 4.58. The largest absolute Gasteiger partial charge is 0.507 e. The second-order valence-electron chi connectivity index (χ2n) is 6.61. The fourth-order valence-electron chi connectivity index (χ4n) is 3.66. The van der Waals surface area contributed by atoms with Gasteiger partial charge in [-0.15, -0.1) is 0 Å². The Morgan fingerprint density at radius 2 is 1.84 bits per heavy atom. The van der Waals surface area contributed by atoms with Crippen molar-refractivity contribution in [3.05, 3.63) is 47.0 Å². The summed E-state index contributed by atoms with van der Waals surface area (Å²) in [6, 6.07) is 7.07. The van der Waals surface area contributed by atoms with Crippen LogP contribution in [0.25, 0.3) is 22.4 Å². The van der Waals surface area contributed by atoms with Crippen LogP contribution in [0.4, 0.5) is 8.78 Å². The normalized spacial score (nSPS) is 15.3. The van der Waals surface area contributed by atoms with Crippen LogP contribution in [0, 0.1) is 17.6 Å². The summed E-state index contributed by atoms with van der Waals surface area (Å²) in [5.74, 6) is -0.854. The van der Waals surface area contributed by atoms with Gasteiger partial charge in [0.05, 0.1) is 16.6 Å². The third-order valence-corrected chi connectivity index (χ3v) is 5.14. The molecule has 0 bridgehead atoms. The van der Waals surface area contributed by atoms with E-state index >= 15 is 0 Å². The molecule has 4 rings (SSSR count). The topological polar surface area (TPSA) is 38.1 Å². The van der Waals surface area contributed by atoms with Crippen LogP contribution in [0.2, 0.25) is 5.02 Å². The number of rotatable bonds is 3. The van der Waals surface area contributed by atoms with Crippen LogP contribution in [0.15, 0.2) is 30.3 Å². The molecule has 6 heteroatoms. The molecule has 25 heavy (non-hydrogen) atoms. The zero-order valence-electron chi connectivity index (χ0n) is 13.5. The molecule has 0 radical (unpaired) electrons. The van der Waals surface area contributed by atoms with E-state index in [2.05, 4.69) is 4.98 Å². The number of benzene rings is 2. The Morgan fingerprint density at radius 1 is 1.12 bits per heavy atom. The summed E-state index contributed by atoms with van der Waals surface area (Å²) in [7, 11) is 0. The number of aromatic nitrogens is 2. The Bertz CT molecular complexity index is 948. The third kappa shape index (κ3) is 2.97. The van der Waals surface area contributed by atoms with Gasteiger partial charge in [0, 0.05) is 23.7 Å². The highest BCUT2D eigenvalue weighted by molar-refractivity contribution is 6.30. The van der Waals surface area contributed by atoms with E-state index in [0.29, 0.717) is 39.9 Å². The number of halogens is 3.